The van der Waals surface area contributed by atoms with Gasteiger partial charge < -0.3 is 15.4 Å². The molecule has 1 aromatic heterocycles. The van der Waals surface area contributed by atoms with Crippen LogP contribution in [0.1, 0.15) is 13.8 Å². The van der Waals surface area contributed by atoms with Gasteiger partial charge in [-0.2, -0.15) is 0 Å². The van der Waals surface area contributed by atoms with Gasteiger partial charge in [0.1, 0.15) is 5.75 Å². The Kier molecular flexibility index (Phi) is 5.84. The molecule has 0 atom stereocenters. The largest absolute Gasteiger partial charge is 0.491 e. The number of hydrogen-bond donors (Lipinski definition) is 3. The summed E-state index contributed by atoms with van der Waals surface area (Å²) in [5.74, 6) is 1.74. The molecule has 0 saturated carbocycles. The van der Waals surface area contributed by atoms with Crippen molar-refractivity contribution in [3.05, 3.63) is 66.7 Å². The summed E-state index contributed by atoms with van der Waals surface area (Å²) < 4.78 is 5.61. The van der Waals surface area contributed by atoms with Gasteiger partial charge in [0.15, 0.2) is 11.6 Å². The minimum atomic E-state index is -0.378. The second-order valence-corrected chi connectivity index (χ2v) is 6.06. The van der Waals surface area contributed by atoms with Gasteiger partial charge in [0, 0.05) is 11.4 Å². The standard InChI is InChI=1S/C20H21N5O2/c1-14(2)27-17-10-8-16(9-11-17)21-18-12-13-19(25-24-18)23-20(26)22-15-6-4-3-5-7-15/h3-14H,1-2H3,(H,21,24)(H2,22,23,25,26). The van der Waals surface area contributed by atoms with Gasteiger partial charge in [0.2, 0.25) is 0 Å². The second kappa shape index (κ2) is 8.66. The fraction of sp³-hybridized carbons (Fsp3) is 0.150. The summed E-state index contributed by atoms with van der Waals surface area (Å²) in [5.41, 5.74) is 1.56. The molecule has 0 fully saturated rings. The molecule has 0 radical (unpaired) electrons. The van der Waals surface area contributed by atoms with Crippen LogP contribution in [-0.2, 0) is 0 Å². The Morgan fingerprint density at radius 3 is 2.11 bits per heavy atom. The van der Waals surface area contributed by atoms with Crippen LogP contribution in [0.4, 0.5) is 27.8 Å². The van der Waals surface area contributed by atoms with Crippen LogP contribution in [0.5, 0.6) is 5.75 Å². The predicted molar refractivity (Wildman–Crippen MR) is 107 cm³/mol. The maximum Gasteiger partial charge on any atom is 0.324 e. The number of nitrogens with one attached hydrogen (secondary N) is 3. The first-order valence-corrected chi connectivity index (χ1v) is 8.59. The summed E-state index contributed by atoms with van der Waals surface area (Å²) in [6, 6.07) is 19.8. The Morgan fingerprint density at radius 1 is 0.815 bits per heavy atom. The third-order valence-electron chi connectivity index (χ3n) is 3.44. The maximum atomic E-state index is 11.9. The summed E-state index contributed by atoms with van der Waals surface area (Å²) in [5, 5.41) is 16.6. The van der Waals surface area contributed by atoms with E-state index >= 15 is 0 Å². The van der Waals surface area contributed by atoms with E-state index in [1.54, 1.807) is 24.3 Å². The highest BCUT2D eigenvalue weighted by Crippen LogP contribution is 2.20. The third kappa shape index (κ3) is 5.71. The maximum absolute atomic E-state index is 11.9. The lowest BCUT2D eigenvalue weighted by molar-refractivity contribution is 0.242. The smallest absolute Gasteiger partial charge is 0.324 e. The van der Waals surface area contributed by atoms with E-state index in [1.807, 2.05) is 56.3 Å². The Hall–Kier alpha value is -3.61. The predicted octanol–water partition coefficient (Wildman–Crippen LogP) is 4.65. The summed E-state index contributed by atoms with van der Waals surface area (Å²) in [7, 11) is 0. The van der Waals surface area contributed by atoms with Crippen LogP contribution in [0.25, 0.3) is 0 Å². The lowest BCUT2D eigenvalue weighted by Gasteiger charge is -2.11. The number of rotatable bonds is 6. The molecule has 2 amide bonds. The van der Waals surface area contributed by atoms with E-state index in [0.29, 0.717) is 17.3 Å². The quantitative estimate of drug-likeness (QED) is 0.593. The zero-order chi connectivity index (χ0) is 19.1. The van der Waals surface area contributed by atoms with E-state index in [4.69, 9.17) is 4.74 Å². The Balaban J connectivity index is 1.54. The molecule has 3 aromatic rings. The molecule has 0 aliphatic carbocycles. The first-order chi connectivity index (χ1) is 13.1. The molecule has 0 bridgehead atoms. The highest BCUT2D eigenvalue weighted by molar-refractivity contribution is 5.99. The van der Waals surface area contributed by atoms with E-state index in [0.717, 1.165) is 11.4 Å². The first kappa shape index (κ1) is 18.2. The van der Waals surface area contributed by atoms with Crippen LogP contribution < -0.4 is 20.7 Å². The molecule has 2 aromatic carbocycles. The Bertz CT molecular complexity index is 865. The summed E-state index contributed by atoms with van der Waals surface area (Å²) >= 11 is 0. The molecule has 0 aliphatic rings. The van der Waals surface area contributed by atoms with E-state index in [-0.39, 0.29) is 12.1 Å². The average Bonchev–Trinajstić information content (AvgIpc) is 2.65. The molecule has 138 valence electrons. The number of ether oxygens (including phenoxy) is 1. The molecular weight excluding hydrogens is 342 g/mol. The van der Waals surface area contributed by atoms with E-state index in [2.05, 4.69) is 26.1 Å². The number of para-hydroxylation sites is 1. The number of aromatic nitrogens is 2. The minimum absolute atomic E-state index is 0.133. The fourth-order valence-electron chi connectivity index (χ4n) is 2.30. The van der Waals surface area contributed by atoms with Crippen molar-refractivity contribution in [3.63, 3.8) is 0 Å². The van der Waals surface area contributed by atoms with Crippen molar-refractivity contribution in [2.24, 2.45) is 0 Å². The highest BCUT2D eigenvalue weighted by Gasteiger charge is 2.05. The molecule has 7 nitrogen and oxygen atoms in total. The molecule has 0 aliphatic heterocycles. The van der Waals surface area contributed by atoms with Gasteiger partial charge in [0.25, 0.3) is 0 Å². The van der Waals surface area contributed by atoms with Crippen LogP contribution in [-0.4, -0.2) is 22.3 Å². The van der Waals surface area contributed by atoms with E-state index in [9.17, 15) is 4.79 Å². The SMILES string of the molecule is CC(C)Oc1ccc(Nc2ccc(NC(=O)Nc3ccccc3)nn2)cc1. The number of hydrogen-bond acceptors (Lipinski definition) is 5. The zero-order valence-corrected chi connectivity index (χ0v) is 15.1. The molecule has 0 spiro atoms. The molecule has 7 heteroatoms. The Morgan fingerprint density at radius 2 is 1.48 bits per heavy atom. The lowest BCUT2D eigenvalue weighted by Crippen LogP contribution is -2.20. The number of nitrogens with zero attached hydrogens (tertiary/aromatic N) is 2. The van der Waals surface area contributed by atoms with Crippen LogP contribution in [0, 0.1) is 0 Å². The molecule has 3 rings (SSSR count). The molecule has 0 unspecified atom stereocenters. The normalized spacial score (nSPS) is 10.3. The van der Waals surface area contributed by atoms with Crippen molar-refractivity contribution in [2.45, 2.75) is 20.0 Å². The van der Waals surface area contributed by atoms with Crippen molar-refractivity contribution < 1.29 is 9.53 Å². The van der Waals surface area contributed by atoms with Crippen molar-refractivity contribution in [1.29, 1.82) is 0 Å². The van der Waals surface area contributed by atoms with Crippen LogP contribution in [0.2, 0.25) is 0 Å². The number of urea groups is 1. The number of anilines is 4. The van der Waals surface area contributed by atoms with Gasteiger partial charge in [0.05, 0.1) is 6.10 Å². The molecule has 27 heavy (non-hydrogen) atoms. The zero-order valence-electron chi connectivity index (χ0n) is 15.1. The summed E-state index contributed by atoms with van der Waals surface area (Å²) in [4.78, 5) is 11.9. The third-order valence-corrected chi connectivity index (χ3v) is 3.44. The van der Waals surface area contributed by atoms with Crippen LogP contribution >= 0.6 is 0 Å². The van der Waals surface area contributed by atoms with Crippen molar-refractivity contribution in [2.75, 3.05) is 16.0 Å². The van der Waals surface area contributed by atoms with Gasteiger partial charge in [-0.3, -0.25) is 5.32 Å². The minimum Gasteiger partial charge on any atom is -0.491 e. The average molecular weight is 363 g/mol. The lowest BCUT2D eigenvalue weighted by atomic mass is 10.3. The highest BCUT2D eigenvalue weighted by atomic mass is 16.5. The van der Waals surface area contributed by atoms with Crippen LogP contribution in [0.15, 0.2) is 66.7 Å². The van der Waals surface area contributed by atoms with Crippen LogP contribution in [0.3, 0.4) is 0 Å². The molecular formula is C20H21N5O2. The van der Waals surface area contributed by atoms with Crippen molar-refractivity contribution in [1.82, 2.24) is 10.2 Å². The van der Waals surface area contributed by atoms with Crippen molar-refractivity contribution >= 4 is 29.0 Å². The number of amides is 2. The van der Waals surface area contributed by atoms with Gasteiger partial charge in [-0.25, -0.2) is 4.79 Å². The topological polar surface area (TPSA) is 88.2 Å². The first-order valence-electron chi connectivity index (χ1n) is 8.59. The monoisotopic (exact) mass is 363 g/mol. The molecule has 0 saturated heterocycles. The van der Waals surface area contributed by atoms with E-state index in [1.165, 1.54) is 0 Å². The summed E-state index contributed by atoms with van der Waals surface area (Å²) in [6.45, 7) is 3.97. The van der Waals surface area contributed by atoms with E-state index < -0.39 is 0 Å². The summed E-state index contributed by atoms with van der Waals surface area (Å²) in [6.07, 6.45) is 0.133. The Labute approximate surface area is 157 Å². The van der Waals surface area contributed by atoms with Crippen molar-refractivity contribution in [3.8, 4) is 5.75 Å². The molecule has 3 N–H and O–H groups in total. The van der Waals surface area contributed by atoms with Gasteiger partial charge in [-0.1, -0.05) is 18.2 Å². The number of carbonyl (C=O) groups excluding carboxylic acids is 1. The second-order valence-electron chi connectivity index (χ2n) is 6.06. The number of benzene rings is 2. The fourth-order valence-corrected chi connectivity index (χ4v) is 2.30. The molecule has 1 heterocycles. The number of carbonyl (C=O) groups is 1. The van der Waals surface area contributed by atoms with Gasteiger partial charge >= 0.3 is 6.03 Å². The van der Waals surface area contributed by atoms with Gasteiger partial charge in [-0.15, -0.1) is 10.2 Å². The van der Waals surface area contributed by atoms with Gasteiger partial charge in [-0.05, 0) is 62.4 Å².